The number of amides is 1. The maximum absolute atomic E-state index is 11.0. The van der Waals surface area contributed by atoms with E-state index in [-0.39, 0.29) is 11.3 Å². The van der Waals surface area contributed by atoms with Crippen LogP contribution in [-0.4, -0.2) is 40.5 Å². The number of aliphatic hydroxyl groups is 1. The average Bonchev–Trinajstić information content (AvgIpc) is 2.27. The summed E-state index contributed by atoms with van der Waals surface area (Å²) in [6, 6.07) is 4.14. The monoisotopic (exact) mass is 267 g/mol. The molecule has 1 aromatic rings. The highest BCUT2D eigenvalue weighted by molar-refractivity contribution is 5.93. The van der Waals surface area contributed by atoms with Crippen molar-refractivity contribution in [3.63, 3.8) is 0 Å². The number of hydrogen-bond donors (Lipinski definition) is 2. The van der Waals surface area contributed by atoms with E-state index in [2.05, 4.69) is 0 Å². The molecule has 0 radical (unpaired) electrons. The summed E-state index contributed by atoms with van der Waals surface area (Å²) in [4.78, 5) is 23.2. The number of benzene rings is 1. The van der Waals surface area contributed by atoms with Gasteiger partial charge in [-0.2, -0.15) is 0 Å². The molecule has 7 nitrogen and oxygen atoms in total. The Morgan fingerprint density at radius 1 is 1.58 bits per heavy atom. The van der Waals surface area contributed by atoms with Crippen LogP contribution in [0.15, 0.2) is 18.2 Å². The lowest BCUT2D eigenvalue weighted by molar-refractivity contribution is -0.385. The summed E-state index contributed by atoms with van der Waals surface area (Å²) >= 11 is 0. The van der Waals surface area contributed by atoms with E-state index in [0.717, 1.165) is 0 Å². The molecular weight excluding hydrogens is 250 g/mol. The Labute approximate surface area is 110 Å². The zero-order chi connectivity index (χ0) is 14.6. The van der Waals surface area contributed by atoms with Crippen molar-refractivity contribution >= 4 is 11.6 Å². The van der Waals surface area contributed by atoms with Crippen molar-refractivity contribution in [2.75, 3.05) is 13.6 Å². The highest BCUT2D eigenvalue weighted by Crippen LogP contribution is 2.21. The van der Waals surface area contributed by atoms with Crippen molar-refractivity contribution in [3.05, 3.63) is 39.4 Å². The lowest BCUT2D eigenvalue weighted by Gasteiger charge is -2.18. The first kappa shape index (κ1) is 15.1. The number of carbonyl (C=O) groups is 1. The van der Waals surface area contributed by atoms with E-state index in [0.29, 0.717) is 18.7 Å². The van der Waals surface area contributed by atoms with Crippen LogP contribution in [0, 0.1) is 10.1 Å². The summed E-state index contributed by atoms with van der Waals surface area (Å²) in [5, 5.41) is 20.2. The first-order valence-electron chi connectivity index (χ1n) is 5.75. The summed E-state index contributed by atoms with van der Waals surface area (Å²) in [5.74, 6) is -0.702. The molecule has 1 aromatic carbocycles. The van der Waals surface area contributed by atoms with E-state index in [1.165, 1.54) is 18.2 Å². The molecule has 1 amide bonds. The Balaban J connectivity index is 3.00. The van der Waals surface area contributed by atoms with Gasteiger partial charge in [0.2, 0.25) is 5.91 Å². The van der Waals surface area contributed by atoms with Crippen molar-refractivity contribution in [1.82, 2.24) is 4.90 Å². The predicted octanol–water partition coefficient (Wildman–Crippen LogP) is 0.506. The van der Waals surface area contributed by atoms with Crippen molar-refractivity contribution in [2.24, 2.45) is 5.73 Å². The van der Waals surface area contributed by atoms with Crippen LogP contribution in [-0.2, 0) is 6.54 Å². The molecule has 0 fully saturated rings. The van der Waals surface area contributed by atoms with Gasteiger partial charge in [0.15, 0.2) is 0 Å². The molecule has 1 unspecified atom stereocenters. The van der Waals surface area contributed by atoms with Crippen molar-refractivity contribution in [2.45, 2.75) is 19.6 Å². The van der Waals surface area contributed by atoms with Gasteiger partial charge in [0.1, 0.15) is 0 Å². The summed E-state index contributed by atoms with van der Waals surface area (Å²) < 4.78 is 0. The van der Waals surface area contributed by atoms with E-state index in [1.54, 1.807) is 18.9 Å². The van der Waals surface area contributed by atoms with Crippen LogP contribution in [0.4, 0.5) is 5.69 Å². The first-order valence-corrected chi connectivity index (χ1v) is 5.75. The zero-order valence-corrected chi connectivity index (χ0v) is 10.9. The third kappa shape index (κ3) is 4.31. The standard InChI is InChI=1S/C12H17N3O4/c1-8(16)6-14(2)7-10-4-3-9(12(13)17)5-11(10)15(18)19/h3-5,8,16H,6-7H2,1-2H3,(H2,13,17). The van der Waals surface area contributed by atoms with Crippen LogP contribution in [0.2, 0.25) is 0 Å². The first-order chi connectivity index (χ1) is 8.81. The molecule has 0 saturated carbocycles. The summed E-state index contributed by atoms with van der Waals surface area (Å²) in [6.07, 6.45) is -0.519. The van der Waals surface area contributed by atoms with Crippen LogP contribution >= 0.6 is 0 Å². The summed E-state index contributed by atoms with van der Waals surface area (Å²) in [6.45, 7) is 2.34. The van der Waals surface area contributed by atoms with Crippen molar-refractivity contribution in [3.8, 4) is 0 Å². The van der Waals surface area contributed by atoms with Crippen molar-refractivity contribution in [1.29, 1.82) is 0 Å². The summed E-state index contributed by atoms with van der Waals surface area (Å²) in [7, 11) is 1.75. The molecule has 1 atom stereocenters. The van der Waals surface area contributed by atoms with Crippen LogP contribution in [0.25, 0.3) is 0 Å². The number of likely N-dealkylation sites (N-methyl/N-ethyl adjacent to an activating group) is 1. The number of carbonyl (C=O) groups excluding carboxylic acids is 1. The summed E-state index contributed by atoms with van der Waals surface area (Å²) in [5.41, 5.74) is 5.53. The van der Waals surface area contributed by atoms with Gasteiger partial charge in [-0.3, -0.25) is 19.8 Å². The van der Waals surface area contributed by atoms with Crippen LogP contribution in [0.5, 0.6) is 0 Å². The molecule has 0 saturated heterocycles. The molecular formula is C12H17N3O4. The Morgan fingerprint density at radius 3 is 2.68 bits per heavy atom. The second-order valence-electron chi connectivity index (χ2n) is 4.51. The number of nitro groups is 1. The van der Waals surface area contributed by atoms with E-state index in [1.807, 2.05) is 0 Å². The number of primary amides is 1. The minimum Gasteiger partial charge on any atom is -0.392 e. The number of nitrogens with two attached hydrogens (primary N) is 1. The molecule has 0 aromatic heterocycles. The van der Waals surface area contributed by atoms with Gasteiger partial charge in [-0.15, -0.1) is 0 Å². The number of hydrogen-bond acceptors (Lipinski definition) is 5. The van der Waals surface area contributed by atoms with Gasteiger partial charge in [0.25, 0.3) is 5.69 Å². The highest BCUT2D eigenvalue weighted by Gasteiger charge is 2.18. The number of nitro benzene ring substituents is 1. The smallest absolute Gasteiger partial charge is 0.274 e. The largest absolute Gasteiger partial charge is 0.392 e. The highest BCUT2D eigenvalue weighted by atomic mass is 16.6. The van der Waals surface area contributed by atoms with Gasteiger partial charge >= 0.3 is 0 Å². The van der Waals surface area contributed by atoms with Gasteiger partial charge in [0.05, 0.1) is 11.0 Å². The lowest BCUT2D eigenvalue weighted by Crippen LogP contribution is -2.27. The molecule has 0 spiro atoms. The maximum atomic E-state index is 11.0. The molecule has 7 heteroatoms. The molecule has 0 aliphatic rings. The second kappa shape index (κ2) is 6.26. The molecule has 3 N–H and O–H groups in total. The lowest BCUT2D eigenvalue weighted by atomic mass is 10.1. The second-order valence-corrected chi connectivity index (χ2v) is 4.51. The third-order valence-corrected chi connectivity index (χ3v) is 2.58. The maximum Gasteiger partial charge on any atom is 0.274 e. The van der Waals surface area contributed by atoms with E-state index >= 15 is 0 Å². The zero-order valence-electron chi connectivity index (χ0n) is 10.9. The van der Waals surface area contributed by atoms with Crippen LogP contribution in [0.3, 0.4) is 0 Å². The molecule has 0 aliphatic carbocycles. The fourth-order valence-corrected chi connectivity index (χ4v) is 1.83. The minimum absolute atomic E-state index is 0.105. The number of rotatable bonds is 6. The van der Waals surface area contributed by atoms with Crippen LogP contribution in [0.1, 0.15) is 22.8 Å². The fraction of sp³-hybridized carbons (Fsp3) is 0.417. The number of aliphatic hydroxyl groups excluding tert-OH is 1. The fourth-order valence-electron chi connectivity index (χ4n) is 1.83. The topological polar surface area (TPSA) is 110 Å². The molecule has 104 valence electrons. The van der Waals surface area contributed by atoms with Gasteiger partial charge < -0.3 is 10.8 Å². The van der Waals surface area contributed by atoms with E-state index in [9.17, 15) is 20.0 Å². The minimum atomic E-state index is -0.702. The molecule has 0 bridgehead atoms. The van der Waals surface area contributed by atoms with E-state index < -0.39 is 16.9 Å². The quantitative estimate of drug-likeness (QED) is 0.576. The number of nitrogens with zero attached hydrogens (tertiary/aromatic N) is 2. The normalized spacial score (nSPS) is 12.4. The predicted molar refractivity (Wildman–Crippen MR) is 69.6 cm³/mol. The van der Waals surface area contributed by atoms with Gasteiger partial charge in [0, 0.05) is 30.3 Å². The molecule has 0 heterocycles. The Kier molecular flexibility index (Phi) is 4.96. The molecule has 0 aliphatic heterocycles. The van der Waals surface area contributed by atoms with Crippen molar-refractivity contribution < 1.29 is 14.8 Å². The van der Waals surface area contributed by atoms with Gasteiger partial charge in [-0.05, 0) is 20.0 Å². The Hall–Kier alpha value is -1.99. The Morgan fingerprint density at radius 2 is 2.21 bits per heavy atom. The molecule has 19 heavy (non-hydrogen) atoms. The third-order valence-electron chi connectivity index (χ3n) is 2.58. The molecule has 1 rings (SSSR count). The average molecular weight is 267 g/mol. The SMILES string of the molecule is CC(O)CN(C)Cc1ccc(C(N)=O)cc1[N+](=O)[O-]. The van der Waals surface area contributed by atoms with Crippen LogP contribution < -0.4 is 5.73 Å². The Bertz CT molecular complexity index is 488. The van der Waals surface area contributed by atoms with Gasteiger partial charge in [-0.1, -0.05) is 6.07 Å². The van der Waals surface area contributed by atoms with Gasteiger partial charge in [-0.25, -0.2) is 0 Å². The van der Waals surface area contributed by atoms with E-state index in [4.69, 9.17) is 5.73 Å².